The van der Waals surface area contributed by atoms with Crippen molar-refractivity contribution in [3.8, 4) is 0 Å². The lowest BCUT2D eigenvalue weighted by molar-refractivity contribution is -0.136. The number of benzene rings is 1. The number of rotatable bonds is 11. The van der Waals surface area contributed by atoms with Crippen molar-refractivity contribution >= 4 is 29.7 Å². The first-order valence-electron chi connectivity index (χ1n) is 11.9. The summed E-state index contributed by atoms with van der Waals surface area (Å²) in [5.41, 5.74) is 6.18. The fourth-order valence-electron chi connectivity index (χ4n) is 3.91. The zero-order valence-electron chi connectivity index (χ0n) is 20.8. The minimum atomic E-state index is -1.09. The zero-order chi connectivity index (χ0) is 26.1. The van der Waals surface area contributed by atoms with Gasteiger partial charge in [-0.3, -0.25) is 19.2 Å². The molecule has 4 N–H and O–H groups in total. The molecule has 0 spiro atoms. The smallest absolute Gasteiger partial charge is 0.417 e. The van der Waals surface area contributed by atoms with E-state index in [1.165, 1.54) is 0 Å². The molecule has 0 radical (unpaired) electrons. The number of carbonyl (C=O) groups excluding carboxylic acids is 5. The first-order chi connectivity index (χ1) is 16.5. The molecule has 1 fully saturated rings. The van der Waals surface area contributed by atoms with Crippen molar-refractivity contribution in [2.75, 3.05) is 0 Å². The fourth-order valence-corrected chi connectivity index (χ4v) is 3.91. The van der Waals surface area contributed by atoms with Crippen molar-refractivity contribution in [3.05, 3.63) is 35.9 Å². The Balaban J connectivity index is 2.09. The SMILES string of the molecule is CC(C)CC(NC(=O)C(CC(C)C)NC(=O)C1CCC(=O)N1C(=O)OCc1ccccc1)C(N)=O. The van der Waals surface area contributed by atoms with Crippen LogP contribution in [-0.2, 0) is 30.5 Å². The van der Waals surface area contributed by atoms with E-state index in [1.54, 1.807) is 24.3 Å². The van der Waals surface area contributed by atoms with Gasteiger partial charge in [0.05, 0.1) is 0 Å². The van der Waals surface area contributed by atoms with Crippen LogP contribution in [0.5, 0.6) is 0 Å². The molecule has 1 heterocycles. The van der Waals surface area contributed by atoms with Crippen LogP contribution in [0.25, 0.3) is 0 Å². The Kier molecular flexibility index (Phi) is 10.2. The van der Waals surface area contributed by atoms with Crippen LogP contribution in [0, 0.1) is 11.8 Å². The van der Waals surface area contributed by atoms with Gasteiger partial charge in [0.2, 0.25) is 23.6 Å². The highest BCUT2D eigenvalue weighted by atomic mass is 16.6. The lowest BCUT2D eigenvalue weighted by Crippen LogP contribution is -2.56. The molecule has 0 aromatic heterocycles. The number of hydrogen-bond acceptors (Lipinski definition) is 6. The van der Waals surface area contributed by atoms with Gasteiger partial charge < -0.3 is 21.1 Å². The molecule has 192 valence electrons. The molecule has 1 aliphatic heterocycles. The van der Waals surface area contributed by atoms with Crippen LogP contribution in [0.2, 0.25) is 0 Å². The van der Waals surface area contributed by atoms with Crippen LogP contribution < -0.4 is 16.4 Å². The van der Waals surface area contributed by atoms with Gasteiger partial charge in [-0.05, 0) is 36.7 Å². The fraction of sp³-hybridized carbons (Fsp3) is 0.560. The van der Waals surface area contributed by atoms with E-state index < -0.39 is 47.8 Å². The predicted molar refractivity (Wildman–Crippen MR) is 128 cm³/mol. The highest BCUT2D eigenvalue weighted by Gasteiger charge is 2.42. The third-order valence-corrected chi connectivity index (χ3v) is 5.62. The predicted octanol–water partition coefficient (Wildman–Crippen LogP) is 1.86. The van der Waals surface area contributed by atoms with Gasteiger partial charge in [-0.1, -0.05) is 58.0 Å². The van der Waals surface area contributed by atoms with Crippen LogP contribution in [0.3, 0.4) is 0 Å². The van der Waals surface area contributed by atoms with Gasteiger partial charge in [0.25, 0.3) is 0 Å². The summed E-state index contributed by atoms with van der Waals surface area (Å²) in [6.45, 7) is 7.54. The largest absolute Gasteiger partial charge is 0.444 e. The third-order valence-electron chi connectivity index (χ3n) is 5.62. The molecule has 2 rings (SSSR count). The Morgan fingerprint density at radius 3 is 2.17 bits per heavy atom. The first-order valence-corrected chi connectivity index (χ1v) is 11.9. The second-order valence-corrected chi connectivity index (χ2v) is 9.64. The average molecular weight is 489 g/mol. The molecule has 10 heteroatoms. The second kappa shape index (κ2) is 12.9. The summed E-state index contributed by atoms with van der Waals surface area (Å²) >= 11 is 0. The van der Waals surface area contributed by atoms with Gasteiger partial charge in [-0.25, -0.2) is 9.69 Å². The van der Waals surface area contributed by atoms with Crippen LogP contribution in [0.15, 0.2) is 30.3 Å². The van der Waals surface area contributed by atoms with Crippen molar-refractivity contribution in [1.29, 1.82) is 0 Å². The second-order valence-electron chi connectivity index (χ2n) is 9.64. The topological polar surface area (TPSA) is 148 Å². The number of amides is 5. The summed E-state index contributed by atoms with van der Waals surface area (Å²) < 4.78 is 5.25. The van der Waals surface area contributed by atoms with Gasteiger partial charge in [0.15, 0.2) is 0 Å². The monoisotopic (exact) mass is 488 g/mol. The number of primary amides is 1. The minimum absolute atomic E-state index is 0.0116. The maximum Gasteiger partial charge on any atom is 0.417 e. The van der Waals surface area contributed by atoms with Crippen molar-refractivity contribution < 1.29 is 28.7 Å². The van der Waals surface area contributed by atoms with Crippen LogP contribution in [0.1, 0.15) is 58.9 Å². The Morgan fingerprint density at radius 2 is 1.60 bits per heavy atom. The van der Waals surface area contributed by atoms with Crippen molar-refractivity contribution in [2.45, 2.75) is 78.1 Å². The minimum Gasteiger partial charge on any atom is -0.444 e. The maximum atomic E-state index is 13.1. The molecule has 0 aliphatic carbocycles. The third kappa shape index (κ3) is 8.38. The van der Waals surface area contributed by atoms with Gasteiger partial charge in [-0.2, -0.15) is 0 Å². The van der Waals surface area contributed by atoms with Crippen molar-refractivity contribution in [3.63, 3.8) is 0 Å². The standard InChI is InChI=1S/C25H36N4O6/c1-15(2)12-18(22(26)31)27-23(32)19(13-16(3)4)28-24(33)20-10-11-21(30)29(20)25(34)35-14-17-8-6-5-7-9-17/h5-9,15-16,18-20H,10-14H2,1-4H3,(H2,26,31)(H,27,32)(H,28,33). The molecule has 3 unspecified atom stereocenters. The normalized spacial score (nSPS) is 17.3. The lowest BCUT2D eigenvalue weighted by Gasteiger charge is -2.27. The molecule has 10 nitrogen and oxygen atoms in total. The summed E-state index contributed by atoms with van der Waals surface area (Å²) in [5.74, 6) is -2.19. The van der Waals surface area contributed by atoms with E-state index in [1.807, 2.05) is 33.8 Å². The zero-order valence-corrected chi connectivity index (χ0v) is 20.8. The highest BCUT2D eigenvalue weighted by Crippen LogP contribution is 2.21. The molecular formula is C25H36N4O6. The number of nitrogens with zero attached hydrogens (tertiary/aromatic N) is 1. The van der Waals surface area contributed by atoms with E-state index in [9.17, 15) is 24.0 Å². The molecule has 0 saturated carbocycles. The molecule has 1 aromatic carbocycles. The van der Waals surface area contributed by atoms with E-state index in [-0.39, 0.29) is 31.3 Å². The van der Waals surface area contributed by atoms with Gasteiger partial charge in [0.1, 0.15) is 24.7 Å². The Labute approximate surface area is 205 Å². The number of imide groups is 1. The maximum absolute atomic E-state index is 13.1. The summed E-state index contributed by atoms with van der Waals surface area (Å²) in [5, 5.41) is 5.29. The summed E-state index contributed by atoms with van der Waals surface area (Å²) in [6, 6.07) is 6.05. The molecule has 1 aromatic rings. The molecule has 0 bridgehead atoms. The number of nitrogens with one attached hydrogen (secondary N) is 2. The van der Waals surface area contributed by atoms with Crippen molar-refractivity contribution in [1.82, 2.24) is 15.5 Å². The van der Waals surface area contributed by atoms with Crippen LogP contribution in [0.4, 0.5) is 4.79 Å². The summed E-state index contributed by atoms with van der Waals surface area (Å²) in [4.78, 5) is 63.7. The van der Waals surface area contributed by atoms with E-state index in [0.29, 0.717) is 12.8 Å². The average Bonchev–Trinajstić information content (AvgIpc) is 3.18. The molecular weight excluding hydrogens is 452 g/mol. The highest BCUT2D eigenvalue weighted by molar-refractivity contribution is 6.01. The number of carbonyl (C=O) groups is 5. The first kappa shape index (κ1) is 27.8. The Morgan fingerprint density at radius 1 is 1.00 bits per heavy atom. The van der Waals surface area contributed by atoms with Gasteiger partial charge in [0, 0.05) is 6.42 Å². The van der Waals surface area contributed by atoms with Gasteiger partial charge >= 0.3 is 6.09 Å². The lowest BCUT2D eigenvalue weighted by atomic mass is 10.00. The Hall–Kier alpha value is -3.43. The van der Waals surface area contributed by atoms with E-state index in [4.69, 9.17) is 10.5 Å². The number of ether oxygens (including phenoxy) is 1. The quantitative estimate of drug-likeness (QED) is 0.433. The number of likely N-dealkylation sites (tertiary alicyclic amines) is 1. The molecule has 3 atom stereocenters. The molecule has 5 amide bonds. The summed E-state index contributed by atoms with van der Waals surface area (Å²) in [7, 11) is 0. The molecule has 1 saturated heterocycles. The van der Waals surface area contributed by atoms with Gasteiger partial charge in [-0.15, -0.1) is 0 Å². The Bertz CT molecular complexity index is 918. The van der Waals surface area contributed by atoms with Crippen LogP contribution in [-0.4, -0.2) is 52.7 Å². The number of nitrogens with two attached hydrogens (primary N) is 1. The summed E-state index contributed by atoms with van der Waals surface area (Å²) in [6.07, 6.45) is -0.117. The van der Waals surface area contributed by atoms with Crippen molar-refractivity contribution in [2.24, 2.45) is 17.6 Å². The number of hydrogen-bond donors (Lipinski definition) is 3. The van der Waals surface area contributed by atoms with E-state index in [0.717, 1.165) is 10.5 Å². The van der Waals surface area contributed by atoms with E-state index in [2.05, 4.69) is 10.6 Å². The molecule has 35 heavy (non-hydrogen) atoms. The van der Waals surface area contributed by atoms with Crippen LogP contribution >= 0.6 is 0 Å². The molecule has 1 aliphatic rings. The van der Waals surface area contributed by atoms with E-state index >= 15 is 0 Å².